The molecule has 0 aliphatic carbocycles. The topological polar surface area (TPSA) is 69.6 Å². The quantitative estimate of drug-likeness (QED) is 0.259. The number of aliphatic hydroxyl groups excluding tert-OH is 1. The van der Waals surface area contributed by atoms with E-state index < -0.39 is 0 Å². The van der Waals surface area contributed by atoms with E-state index in [1.165, 1.54) is 41.0 Å². The highest BCUT2D eigenvalue weighted by atomic mass is 35.5. The van der Waals surface area contributed by atoms with Crippen LogP contribution in [0.2, 0.25) is 5.02 Å². The van der Waals surface area contributed by atoms with Gasteiger partial charge in [0.2, 0.25) is 0 Å². The number of nitrogens with one attached hydrogen (secondary N) is 1. The molecule has 0 aliphatic rings. The van der Waals surface area contributed by atoms with Crippen LogP contribution in [0.4, 0.5) is 5.69 Å². The van der Waals surface area contributed by atoms with Crippen molar-refractivity contribution in [2.75, 3.05) is 25.2 Å². The van der Waals surface area contributed by atoms with Crippen molar-refractivity contribution in [3.05, 3.63) is 58.6 Å². The van der Waals surface area contributed by atoms with Gasteiger partial charge in [-0.15, -0.1) is 11.8 Å². The molecule has 0 saturated carbocycles. The average Bonchev–Trinajstić information content (AvgIpc) is 2.74. The predicted octanol–water partition coefficient (Wildman–Crippen LogP) is 6.53. The smallest absolute Gasteiger partial charge is 0.290 e. The van der Waals surface area contributed by atoms with Gasteiger partial charge in [-0.25, -0.2) is 0 Å². The predicted molar refractivity (Wildman–Crippen MR) is 129 cm³/mol. The van der Waals surface area contributed by atoms with Crippen LogP contribution in [-0.2, 0) is 11.2 Å². The Kier molecular flexibility index (Phi) is 21.4. The van der Waals surface area contributed by atoms with E-state index in [1.54, 1.807) is 11.8 Å². The van der Waals surface area contributed by atoms with E-state index >= 15 is 0 Å². The normalized spacial score (nSPS) is 8.93. The average molecular weight is 442 g/mol. The maximum atomic E-state index is 8.36. The molecule has 2 aromatic carbocycles. The number of rotatable bonds is 7. The van der Waals surface area contributed by atoms with Crippen molar-refractivity contribution in [3.8, 4) is 0 Å². The molecule has 2 aromatic rings. The summed E-state index contributed by atoms with van der Waals surface area (Å²) in [5, 5.41) is 18.2. The number of benzene rings is 2. The monoisotopic (exact) mass is 441 g/mol. The molecule has 0 fully saturated rings. The summed E-state index contributed by atoms with van der Waals surface area (Å²) in [6.45, 7) is 7.32. The summed E-state index contributed by atoms with van der Waals surface area (Å²) in [6.07, 6.45) is 6.99. The number of thioether (sulfide) groups is 1. The minimum atomic E-state index is -0.250. The molecule has 0 heterocycles. The molecule has 0 bridgehead atoms. The van der Waals surface area contributed by atoms with E-state index in [9.17, 15) is 0 Å². The largest absolute Gasteiger partial charge is 0.483 e. The lowest BCUT2D eigenvalue weighted by Gasteiger charge is -2.08. The van der Waals surface area contributed by atoms with E-state index in [1.807, 2.05) is 24.3 Å². The van der Waals surface area contributed by atoms with Crippen molar-refractivity contribution in [1.29, 1.82) is 0 Å². The summed E-state index contributed by atoms with van der Waals surface area (Å²) in [5.74, 6) is 0. The lowest BCUT2D eigenvalue weighted by molar-refractivity contribution is -0.122. The van der Waals surface area contributed by atoms with Gasteiger partial charge >= 0.3 is 0 Å². The van der Waals surface area contributed by atoms with E-state index in [0.717, 1.165) is 25.1 Å². The van der Waals surface area contributed by atoms with Gasteiger partial charge in [-0.3, -0.25) is 4.79 Å². The molecule has 0 radical (unpaired) electrons. The zero-order valence-corrected chi connectivity index (χ0v) is 19.8. The Morgan fingerprint density at radius 1 is 1.10 bits per heavy atom. The fourth-order valence-electron chi connectivity index (χ4n) is 2.36. The van der Waals surface area contributed by atoms with Crippen LogP contribution in [-0.4, -0.2) is 36.6 Å². The fourth-order valence-corrected chi connectivity index (χ4v) is 3.18. The first-order valence-corrected chi connectivity index (χ1v) is 11.3. The molecule has 3 N–H and O–H groups in total. The number of halogens is 1. The molecule has 4 nitrogen and oxygen atoms in total. The fraction of sp³-hybridized carbons (Fsp3) is 0.435. The third kappa shape index (κ3) is 15.9. The van der Waals surface area contributed by atoms with Crippen molar-refractivity contribution in [2.24, 2.45) is 0 Å². The summed E-state index contributed by atoms with van der Waals surface area (Å²) in [6, 6.07) is 14.6. The molecule has 29 heavy (non-hydrogen) atoms. The summed E-state index contributed by atoms with van der Waals surface area (Å²) >= 11 is 7.63. The van der Waals surface area contributed by atoms with Crippen LogP contribution in [0, 0.1) is 6.92 Å². The van der Waals surface area contributed by atoms with Gasteiger partial charge in [-0.2, -0.15) is 0 Å². The number of hydrogen-bond acceptors (Lipinski definition) is 4. The van der Waals surface area contributed by atoms with Crippen LogP contribution < -0.4 is 5.32 Å². The standard InChI is InChI=1S/C13H21NS.C8H9Cl.CH2O2.CH4O/c1-4-5-6-7-14-12-8-11(2)9-13(10-12)15-3;1-2-7-5-3-4-6-8(7)9;2-1-3;1-2/h8-10,14H,4-7H2,1-3H3;3-6H,2H2,1H3;1H,(H,2,3);2H,1H3. The highest BCUT2D eigenvalue weighted by Crippen LogP contribution is 2.21. The molecule has 0 unspecified atom stereocenters. The third-order valence-corrected chi connectivity index (χ3v) is 4.81. The lowest BCUT2D eigenvalue weighted by Crippen LogP contribution is -2.01. The first-order chi connectivity index (χ1) is 14.0. The van der Waals surface area contributed by atoms with E-state index in [0.29, 0.717) is 0 Å². The number of aryl methyl sites for hydroxylation is 2. The van der Waals surface area contributed by atoms with Crippen molar-refractivity contribution < 1.29 is 15.0 Å². The lowest BCUT2D eigenvalue weighted by atomic mass is 10.2. The number of carboxylic acid groups (broad SMARTS) is 1. The Labute approximate surface area is 185 Å². The van der Waals surface area contributed by atoms with Crippen molar-refractivity contribution >= 4 is 35.5 Å². The second kappa shape index (κ2) is 21.0. The number of aliphatic hydroxyl groups is 1. The zero-order chi connectivity index (χ0) is 22.5. The molecule has 0 amide bonds. The minimum Gasteiger partial charge on any atom is -0.483 e. The van der Waals surface area contributed by atoms with E-state index in [4.69, 9.17) is 26.6 Å². The summed E-state index contributed by atoms with van der Waals surface area (Å²) < 4.78 is 0. The van der Waals surface area contributed by atoms with Crippen LogP contribution in [0.5, 0.6) is 0 Å². The van der Waals surface area contributed by atoms with Gasteiger partial charge in [0.25, 0.3) is 6.47 Å². The first kappa shape index (κ1) is 29.5. The van der Waals surface area contributed by atoms with Crippen molar-refractivity contribution in [1.82, 2.24) is 0 Å². The molecule has 0 saturated heterocycles. The molecule has 2 rings (SSSR count). The van der Waals surface area contributed by atoms with E-state index in [-0.39, 0.29) is 6.47 Å². The zero-order valence-electron chi connectivity index (χ0n) is 18.2. The third-order valence-electron chi connectivity index (χ3n) is 3.73. The van der Waals surface area contributed by atoms with Crippen LogP contribution in [0.15, 0.2) is 47.4 Å². The maximum Gasteiger partial charge on any atom is 0.290 e. The van der Waals surface area contributed by atoms with Gasteiger partial charge in [-0.1, -0.05) is 56.5 Å². The molecule has 0 spiro atoms. The number of hydrogen-bond donors (Lipinski definition) is 3. The SMILES string of the molecule is CCCCCNc1cc(C)cc(SC)c1.CCc1ccccc1Cl.CO.O=CO. The van der Waals surface area contributed by atoms with Crippen molar-refractivity contribution in [3.63, 3.8) is 0 Å². The minimum absolute atomic E-state index is 0.250. The molecule has 164 valence electrons. The summed E-state index contributed by atoms with van der Waals surface area (Å²) in [4.78, 5) is 9.70. The second-order valence-corrected chi connectivity index (χ2v) is 7.21. The van der Waals surface area contributed by atoms with Gasteiger partial charge in [0, 0.05) is 29.3 Å². The molecule has 6 heteroatoms. The van der Waals surface area contributed by atoms with Gasteiger partial charge in [0.05, 0.1) is 0 Å². The first-order valence-electron chi connectivity index (χ1n) is 9.67. The molecular formula is C23H36ClNO3S. The van der Waals surface area contributed by atoms with Gasteiger partial charge in [0.15, 0.2) is 0 Å². The van der Waals surface area contributed by atoms with Crippen molar-refractivity contribution in [2.45, 2.75) is 51.3 Å². The maximum absolute atomic E-state index is 8.36. The highest BCUT2D eigenvalue weighted by Gasteiger charge is 1.97. The Hall–Kier alpha value is -1.69. The van der Waals surface area contributed by atoms with Crippen LogP contribution in [0.3, 0.4) is 0 Å². The summed E-state index contributed by atoms with van der Waals surface area (Å²) in [7, 11) is 1.00. The summed E-state index contributed by atoms with van der Waals surface area (Å²) in [5.41, 5.74) is 3.81. The van der Waals surface area contributed by atoms with Gasteiger partial charge < -0.3 is 15.5 Å². The Morgan fingerprint density at radius 3 is 2.21 bits per heavy atom. The van der Waals surface area contributed by atoms with E-state index in [2.05, 4.69) is 50.5 Å². The number of anilines is 1. The van der Waals surface area contributed by atoms with Crippen LogP contribution in [0.25, 0.3) is 0 Å². The second-order valence-electron chi connectivity index (χ2n) is 5.92. The Morgan fingerprint density at radius 2 is 1.72 bits per heavy atom. The Bertz CT molecular complexity index is 654. The Balaban J connectivity index is 0. The van der Waals surface area contributed by atoms with Gasteiger partial charge in [-0.05, 0) is 61.4 Å². The number of unbranched alkanes of at least 4 members (excludes halogenated alkanes) is 2. The molecule has 0 aromatic heterocycles. The molecule has 0 atom stereocenters. The molecular weight excluding hydrogens is 406 g/mol. The number of carbonyl (C=O) groups is 1. The van der Waals surface area contributed by atoms with Gasteiger partial charge in [0.1, 0.15) is 0 Å². The van der Waals surface area contributed by atoms with Crippen LogP contribution >= 0.6 is 23.4 Å². The highest BCUT2D eigenvalue weighted by molar-refractivity contribution is 7.98. The van der Waals surface area contributed by atoms with Crippen LogP contribution in [0.1, 0.15) is 44.2 Å². The molecule has 0 aliphatic heterocycles.